The number of carbonyl (C=O) groups is 18. The largest absolute Gasteiger partial charge is 0.481 e. The van der Waals surface area contributed by atoms with E-state index in [9.17, 15) is 77.6 Å². The number of hydrogen-bond acceptors (Lipinski definition) is 25. The van der Waals surface area contributed by atoms with Crippen molar-refractivity contribution >= 4 is 162 Å². The summed E-state index contributed by atoms with van der Waals surface area (Å²) in [7, 11) is 1.46. The van der Waals surface area contributed by atoms with Crippen LogP contribution >= 0.6 is 21.6 Å². The molecule has 0 saturated carbocycles. The first-order chi connectivity index (χ1) is 62.1. The Balaban J connectivity index is 1.51. The smallest absolute Gasteiger partial charge is 0.305 e. The molecule has 32 N–H and O–H groups in total. The quantitative estimate of drug-likeness (QED) is 0.00788. The predicted octanol–water partition coefficient (Wildman–Crippen LogP) is -6.76. The van der Waals surface area contributed by atoms with E-state index < -0.39 is 265 Å². The van der Waals surface area contributed by atoms with E-state index in [2.05, 4.69) is 105 Å². The Morgan fingerprint density at radius 1 is 0.588 bits per heavy atom. The number of nitrogens with two attached hydrogens (primary N) is 4. The van der Waals surface area contributed by atoms with Gasteiger partial charge in [0.05, 0.1) is 32.0 Å². The van der Waals surface area contributed by atoms with Gasteiger partial charge in [-0.2, -0.15) is 0 Å². The summed E-state index contributed by atoms with van der Waals surface area (Å²) in [4.78, 5) is 266. The number of imidazole rings is 1. The van der Waals surface area contributed by atoms with Crippen molar-refractivity contribution in [2.24, 2.45) is 34.8 Å². The molecule has 6 rings (SSSR count). The second-order valence-corrected chi connectivity index (χ2v) is 34.1. The molecule has 714 valence electrons. The van der Waals surface area contributed by atoms with Crippen LogP contribution in [0.1, 0.15) is 117 Å². The molecule has 0 bridgehead atoms. The highest BCUT2D eigenvalue weighted by molar-refractivity contribution is 8.76. The average Bonchev–Trinajstić information content (AvgIpc) is 1.66. The number of aromatic amines is 2. The molecule has 47 nitrogen and oxygen atoms in total. The Labute approximate surface area is 760 Å². The lowest BCUT2D eigenvalue weighted by molar-refractivity contribution is -0.141. The maximum atomic E-state index is 15.5. The number of carboxylic acids is 1. The van der Waals surface area contributed by atoms with Crippen LogP contribution < -0.4 is 113 Å². The third kappa shape index (κ3) is 35.0. The summed E-state index contributed by atoms with van der Waals surface area (Å²) in [5.41, 5.74) is 23.8. The van der Waals surface area contributed by atoms with Gasteiger partial charge >= 0.3 is 5.97 Å². The van der Waals surface area contributed by atoms with Gasteiger partial charge in [0.1, 0.15) is 84.6 Å². The molecule has 17 amide bonds. The van der Waals surface area contributed by atoms with Crippen LogP contribution in [0.15, 0.2) is 85.5 Å². The molecular formula is C82H118N26O21S2. The normalized spacial score (nSPS) is 21.5. The standard InChI is InChI=1S/C82H118N26O21S2/c1-8-40(4)65(107-76(125)58(35-109)103-70(119)51(96-43(7)111)19-13-25-90-81(85)86)80(129)105-60-37-131-130-36-59(78(127)108-66(42(6)110)67(84)116)104-71(120)52(20-14-26-91-82(87)88)97-74(123)56(30-48-33-89-38-94-48)99-68(117)41(5)95-62(113)34-93-69(118)55(29-47-32-92-50-18-12-11-17-49(47)50)100-75(124)57(31-63(114)115)101-72(121)53(23-24-61(83)112)98-73(122)54(102-79(128)64(39(2)3)106-77(60)126)28-44-21-22-45-15-9-10-16-46(45)27-44/h9-12,15-18,21-22,27,32-33,38-42,51-60,64-66,92,109-110H,8,13-14,19-20,23-26,28-31,34-37H2,1-7H3,(H2,83,112)(H2,84,116)(H,89,94)(H,93,118)(H,95,113)(H,96,111)(H,97,123)(H,98,122)(H,99,117)(H,100,124)(H,101,121)(H,102,128)(H,103,119)(H,104,120)(H,105,129)(H,106,126)(H,107,125)(H,108,127)(H,114,115)(H4,85,86,90)(H4,87,88,91)/t40-,41-,42+,51-,52-,53-,54-,55-,56-,57-,58-,59-,60-,64-,65-,66-/m0/s1. The summed E-state index contributed by atoms with van der Waals surface area (Å²) in [6.45, 7) is 7.59. The van der Waals surface area contributed by atoms with Gasteiger partial charge in [0, 0.05) is 86.2 Å². The van der Waals surface area contributed by atoms with Crippen LogP contribution in [0.5, 0.6) is 0 Å². The third-order valence-corrected chi connectivity index (χ3v) is 23.2. The second-order valence-electron chi connectivity index (χ2n) is 31.6. The molecule has 49 heteroatoms. The van der Waals surface area contributed by atoms with Crippen LogP contribution in [-0.4, -0.2) is 277 Å². The number of aromatic nitrogens is 3. The molecule has 3 heterocycles. The van der Waals surface area contributed by atoms with Gasteiger partial charge in [-0.25, -0.2) is 4.98 Å². The van der Waals surface area contributed by atoms with Crippen molar-refractivity contribution < 1.29 is 102 Å². The monoisotopic (exact) mass is 1870 g/mol. The molecule has 131 heavy (non-hydrogen) atoms. The molecule has 1 aliphatic heterocycles. The summed E-state index contributed by atoms with van der Waals surface area (Å²) in [6, 6.07) is -5.49. The van der Waals surface area contributed by atoms with Crippen LogP contribution in [0.4, 0.5) is 0 Å². The molecule has 1 aliphatic rings. The number of amides is 17. The van der Waals surface area contributed by atoms with E-state index in [4.69, 9.17) is 33.8 Å². The lowest BCUT2D eigenvalue weighted by atomic mass is 9.97. The highest BCUT2D eigenvalue weighted by atomic mass is 33.1. The first kappa shape index (κ1) is 106. The minimum atomic E-state index is -2.11. The first-order valence-electron chi connectivity index (χ1n) is 42.0. The fourth-order valence-corrected chi connectivity index (χ4v) is 15.8. The molecule has 5 aromatic rings. The number of rotatable bonds is 34. The number of primary amides is 2. The number of nitrogens with one attached hydrogen (secondary N) is 21. The van der Waals surface area contributed by atoms with Gasteiger partial charge < -0.3 is 139 Å². The fraction of sp³-hybridized carbons (Fsp3) is 0.500. The minimum Gasteiger partial charge on any atom is -0.481 e. The highest BCUT2D eigenvalue weighted by Gasteiger charge is 2.40. The molecule has 0 radical (unpaired) electrons. The Bertz CT molecular complexity index is 4900. The number of carboxylic acid groups (broad SMARTS) is 1. The number of para-hydroxylation sites is 1. The molecule has 3 aromatic carbocycles. The van der Waals surface area contributed by atoms with Crippen LogP contribution in [0, 0.1) is 22.7 Å². The van der Waals surface area contributed by atoms with Gasteiger partial charge in [0.15, 0.2) is 11.9 Å². The number of hydrogen-bond donors (Lipinski definition) is 28. The zero-order chi connectivity index (χ0) is 96.9. The molecule has 0 aliphatic carbocycles. The van der Waals surface area contributed by atoms with Crippen LogP contribution in [0.3, 0.4) is 0 Å². The number of guanidine groups is 2. The molecule has 1 fully saturated rings. The summed E-state index contributed by atoms with van der Waals surface area (Å²) in [5.74, 6) is -24.1. The molecule has 0 unspecified atom stereocenters. The van der Waals surface area contributed by atoms with Crippen molar-refractivity contribution in [3.63, 3.8) is 0 Å². The van der Waals surface area contributed by atoms with Gasteiger partial charge in [0.25, 0.3) is 0 Å². The Hall–Kier alpha value is -13.7. The number of aliphatic carboxylic acids is 1. The van der Waals surface area contributed by atoms with Gasteiger partial charge in [-0.1, -0.05) is 116 Å². The third-order valence-electron chi connectivity index (χ3n) is 20.8. The van der Waals surface area contributed by atoms with Gasteiger partial charge in [0.2, 0.25) is 100 Å². The van der Waals surface area contributed by atoms with Gasteiger partial charge in [-0.15, -0.1) is 0 Å². The van der Waals surface area contributed by atoms with E-state index in [1.807, 2.05) is 0 Å². The van der Waals surface area contributed by atoms with Crippen molar-refractivity contribution in [1.82, 2.24) is 105 Å². The van der Waals surface area contributed by atoms with Crippen LogP contribution in [0.2, 0.25) is 0 Å². The number of benzene rings is 3. The van der Waals surface area contributed by atoms with Crippen molar-refractivity contribution in [2.45, 2.75) is 210 Å². The maximum Gasteiger partial charge on any atom is 0.305 e. The number of fused-ring (bicyclic) bond motifs is 2. The van der Waals surface area contributed by atoms with Crippen LogP contribution in [0.25, 0.3) is 21.7 Å². The molecular weight excluding hydrogens is 1750 g/mol. The van der Waals surface area contributed by atoms with Crippen molar-refractivity contribution in [1.29, 1.82) is 10.8 Å². The van der Waals surface area contributed by atoms with E-state index in [1.54, 1.807) is 73.7 Å². The highest BCUT2D eigenvalue weighted by Crippen LogP contribution is 2.26. The summed E-state index contributed by atoms with van der Waals surface area (Å²) in [6.07, 6.45) is -1.37. The van der Waals surface area contributed by atoms with Gasteiger partial charge in [-0.3, -0.25) is 97.1 Å². The number of carbonyl (C=O) groups excluding carboxylic acids is 17. The molecule has 1 saturated heterocycles. The number of aliphatic hydroxyl groups excluding tert-OH is 2. The minimum absolute atomic E-state index is 0.0542. The second kappa shape index (κ2) is 52.7. The predicted molar refractivity (Wildman–Crippen MR) is 479 cm³/mol. The van der Waals surface area contributed by atoms with Crippen molar-refractivity contribution in [2.75, 3.05) is 37.7 Å². The molecule has 16 atom stereocenters. The van der Waals surface area contributed by atoms with Gasteiger partial charge in [-0.05, 0) is 85.8 Å². The maximum absolute atomic E-state index is 15.5. The van der Waals surface area contributed by atoms with Crippen LogP contribution in [-0.2, 0) is 106 Å². The van der Waals surface area contributed by atoms with E-state index in [1.165, 1.54) is 46.4 Å². The number of aliphatic hydroxyl groups is 2. The summed E-state index contributed by atoms with van der Waals surface area (Å²) < 4.78 is 0. The number of H-pyrrole nitrogens is 2. The average molecular weight is 1870 g/mol. The van der Waals surface area contributed by atoms with E-state index in [0.29, 0.717) is 27.4 Å². The first-order valence-corrected chi connectivity index (χ1v) is 44.5. The van der Waals surface area contributed by atoms with E-state index in [0.717, 1.165) is 40.8 Å². The Morgan fingerprint density at radius 2 is 1.17 bits per heavy atom. The van der Waals surface area contributed by atoms with Crippen molar-refractivity contribution in [3.8, 4) is 0 Å². The zero-order valence-electron chi connectivity index (χ0n) is 73.2. The topological polar surface area (TPSA) is 769 Å². The van der Waals surface area contributed by atoms with E-state index in [-0.39, 0.29) is 69.7 Å². The number of nitrogens with zero attached hydrogens (tertiary/aromatic N) is 1. The zero-order valence-corrected chi connectivity index (χ0v) is 74.8. The Morgan fingerprint density at radius 3 is 1.79 bits per heavy atom. The van der Waals surface area contributed by atoms with E-state index >= 15 is 24.0 Å². The Kier molecular flexibility index (Phi) is 42.7. The molecule has 0 spiro atoms. The van der Waals surface area contributed by atoms with Crippen molar-refractivity contribution in [3.05, 3.63) is 102 Å². The SMILES string of the molecule is CC[C@H](C)[C@H](NC(=O)[C@H](CO)NC(=O)[C@H](CCCNC(=N)N)NC(C)=O)C(=O)N[C@H]1CSSC[C@@H](C(=O)N[C@H](C(N)=O)[C@@H](C)O)NC(=O)[C@H](CCCNC(=N)N)NC(=O)[C@H](Cc2cnc[nH]2)NC(=O)[C@H](C)NC(=O)CNC(=O)[C@H](Cc2c[nH]c3ccccc23)NC(=O)[C@H](CC(=O)O)NC(=O)[C@H](CCC(N)=O)NC(=O)[C@H](Cc2ccc3ccccc3c2)NC(=O)[C@H](C(C)C)NC1=O. The lowest BCUT2D eigenvalue weighted by Gasteiger charge is -2.30. The summed E-state index contributed by atoms with van der Waals surface area (Å²) >= 11 is 0. The fourth-order valence-electron chi connectivity index (χ4n) is 13.5. The lowest BCUT2D eigenvalue weighted by Crippen LogP contribution is -2.62. The molecule has 2 aromatic heterocycles. The summed E-state index contributed by atoms with van der Waals surface area (Å²) in [5, 5.41) is 91.2.